The van der Waals surface area contributed by atoms with Crippen LogP contribution >= 0.6 is 0 Å². The van der Waals surface area contributed by atoms with E-state index in [0.717, 1.165) is 17.2 Å². The van der Waals surface area contributed by atoms with Gasteiger partial charge in [0.1, 0.15) is 0 Å². The smallest absolute Gasteiger partial charge is 0.336 e. The maximum Gasteiger partial charge on any atom is 0.418 e. The number of hydrogen-bond acceptors (Lipinski definition) is 3. The second kappa shape index (κ2) is 8.87. The van der Waals surface area contributed by atoms with E-state index in [1.807, 2.05) is 36.9 Å². The van der Waals surface area contributed by atoms with E-state index in [9.17, 15) is 22.8 Å². The van der Waals surface area contributed by atoms with Crippen LogP contribution in [-0.2, 0) is 11.0 Å². The monoisotopic (exact) mass is 419 g/mol. The number of aryl methyl sites for hydroxylation is 1. The number of nitrogens with zero attached hydrogens (tertiary/aromatic N) is 2. The summed E-state index contributed by atoms with van der Waals surface area (Å²) in [5.41, 5.74) is 1.55. The molecule has 1 aliphatic heterocycles. The van der Waals surface area contributed by atoms with Crippen LogP contribution < -0.4 is 5.32 Å². The average Bonchev–Trinajstić information content (AvgIpc) is 2.69. The SMILES string of the molecule is Cc1cccc(C(=O)N2CCN(CC(=O)Nc3ccccc3C(F)(F)F)CC2)c1C. The Kier molecular flexibility index (Phi) is 6.45. The summed E-state index contributed by atoms with van der Waals surface area (Å²) >= 11 is 0. The number of anilines is 1. The van der Waals surface area contributed by atoms with Crippen molar-refractivity contribution < 1.29 is 22.8 Å². The van der Waals surface area contributed by atoms with Gasteiger partial charge in [0.2, 0.25) is 5.91 Å². The molecule has 1 fully saturated rings. The zero-order chi connectivity index (χ0) is 21.9. The Morgan fingerprint density at radius 3 is 2.30 bits per heavy atom. The quantitative estimate of drug-likeness (QED) is 0.822. The lowest BCUT2D eigenvalue weighted by molar-refractivity contribution is -0.137. The molecule has 3 rings (SSSR count). The van der Waals surface area contributed by atoms with Crippen LogP contribution in [-0.4, -0.2) is 54.3 Å². The van der Waals surface area contributed by atoms with Gasteiger partial charge in [0, 0.05) is 31.7 Å². The molecule has 0 radical (unpaired) electrons. The van der Waals surface area contributed by atoms with Crippen LogP contribution in [0.25, 0.3) is 0 Å². The standard InChI is InChI=1S/C22H24F3N3O2/c1-15-6-5-7-17(16(15)2)21(30)28-12-10-27(11-13-28)14-20(29)26-19-9-4-3-8-18(19)22(23,24)25/h3-9H,10-14H2,1-2H3,(H,26,29). The van der Waals surface area contributed by atoms with E-state index in [2.05, 4.69) is 5.32 Å². The number of benzene rings is 2. The Labute approximate surface area is 173 Å². The van der Waals surface area contributed by atoms with Gasteiger partial charge in [-0.3, -0.25) is 14.5 Å². The molecule has 0 unspecified atom stereocenters. The summed E-state index contributed by atoms with van der Waals surface area (Å²) in [6.07, 6.45) is -4.54. The molecule has 0 aromatic heterocycles. The molecule has 1 saturated heterocycles. The van der Waals surface area contributed by atoms with E-state index in [-0.39, 0.29) is 18.1 Å². The number of carbonyl (C=O) groups is 2. The van der Waals surface area contributed by atoms with E-state index in [4.69, 9.17) is 0 Å². The lowest BCUT2D eigenvalue weighted by atomic mass is 10.0. The number of hydrogen-bond donors (Lipinski definition) is 1. The zero-order valence-electron chi connectivity index (χ0n) is 16.9. The predicted molar refractivity (Wildman–Crippen MR) is 108 cm³/mol. The molecular weight excluding hydrogens is 395 g/mol. The van der Waals surface area contributed by atoms with Crippen LogP contribution in [0.4, 0.5) is 18.9 Å². The van der Waals surface area contributed by atoms with Gasteiger partial charge in [-0.2, -0.15) is 13.2 Å². The van der Waals surface area contributed by atoms with Gasteiger partial charge >= 0.3 is 6.18 Å². The lowest BCUT2D eigenvalue weighted by Gasteiger charge is -2.34. The molecule has 30 heavy (non-hydrogen) atoms. The molecule has 1 heterocycles. The number of piperazine rings is 1. The van der Waals surface area contributed by atoms with Gasteiger partial charge in [-0.05, 0) is 43.2 Å². The summed E-state index contributed by atoms with van der Waals surface area (Å²) in [5.74, 6) is -0.555. The number of para-hydroxylation sites is 1. The van der Waals surface area contributed by atoms with Crippen molar-refractivity contribution in [2.45, 2.75) is 20.0 Å². The minimum Gasteiger partial charge on any atom is -0.336 e. The Bertz CT molecular complexity index is 935. The van der Waals surface area contributed by atoms with E-state index in [1.165, 1.54) is 18.2 Å². The van der Waals surface area contributed by atoms with Gasteiger partial charge < -0.3 is 10.2 Å². The summed E-state index contributed by atoms with van der Waals surface area (Å²) in [6, 6.07) is 10.5. The van der Waals surface area contributed by atoms with Crippen LogP contribution in [0, 0.1) is 13.8 Å². The van der Waals surface area contributed by atoms with Gasteiger partial charge in [-0.1, -0.05) is 24.3 Å². The molecule has 0 aliphatic carbocycles. The molecule has 0 saturated carbocycles. The van der Waals surface area contributed by atoms with Crippen molar-refractivity contribution >= 4 is 17.5 Å². The maximum atomic E-state index is 13.1. The fourth-order valence-corrected chi connectivity index (χ4v) is 3.49. The molecule has 1 aliphatic rings. The number of rotatable bonds is 4. The fraction of sp³-hybridized carbons (Fsp3) is 0.364. The van der Waals surface area contributed by atoms with Gasteiger partial charge in [0.05, 0.1) is 17.8 Å². The fourth-order valence-electron chi connectivity index (χ4n) is 3.49. The molecule has 0 spiro atoms. The maximum absolute atomic E-state index is 13.1. The largest absolute Gasteiger partial charge is 0.418 e. The molecular formula is C22H24F3N3O2. The number of halogens is 3. The normalized spacial score (nSPS) is 15.2. The molecule has 2 amide bonds. The minimum absolute atomic E-state index is 0.0301. The Hall–Kier alpha value is -2.87. The Morgan fingerprint density at radius 1 is 0.967 bits per heavy atom. The summed E-state index contributed by atoms with van der Waals surface area (Å²) in [6.45, 7) is 5.71. The first kappa shape index (κ1) is 21.8. The number of amides is 2. The van der Waals surface area contributed by atoms with Gasteiger partial charge in [-0.25, -0.2) is 0 Å². The van der Waals surface area contributed by atoms with Crippen molar-refractivity contribution in [3.63, 3.8) is 0 Å². The Balaban J connectivity index is 1.56. The van der Waals surface area contributed by atoms with E-state index in [0.29, 0.717) is 31.7 Å². The van der Waals surface area contributed by atoms with Crippen LogP contribution in [0.1, 0.15) is 27.0 Å². The van der Waals surface area contributed by atoms with Crippen molar-refractivity contribution in [2.24, 2.45) is 0 Å². The summed E-state index contributed by atoms with van der Waals surface area (Å²) in [7, 11) is 0. The van der Waals surface area contributed by atoms with Crippen molar-refractivity contribution in [1.82, 2.24) is 9.80 Å². The van der Waals surface area contributed by atoms with E-state index >= 15 is 0 Å². The van der Waals surface area contributed by atoms with Crippen LogP contribution in [0.3, 0.4) is 0 Å². The molecule has 160 valence electrons. The third-order valence-corrected chi connectivity index (χ3v) is 5.37. The molecule has 2 aromatic rings. The average molecular weight is 419 g/mol. The highest BCUT2D eigenvalue weighted by molar-refractivity contribution is 5.96. The molecule has 0 bridgehead atoms. The van der Waals surface area contributed by atoms with Gasteiger partial charge in [0.15, 0.2) is 0 Å². The van der Waals surface area contributed by atoms with E-state index in [1.54, 1.807) is 4.90 Å². The number of alkyl halides is 3. The highest BCUT2D eigenvalue weighted by Crippen LogP contribution is 2.34. The zero-order valence-corrected chi connectivity index (χ0v) is 16.9. The number of carbonyl (C=O) groups excluding carboxylic acids is 2. The molecule has 8 heteroatoms. The van der Waals surface area contributed by atoms with Gasteiger partial charge in [0.25, 0.3) is 5.91 Å². The van der Waals surface area contributed by atoms with Gasteiger partial charge in [-0.15, -0.1) is 0 Å². The summed E-state index contributed by atoms with van der Waals surface area (Å²) in [5, 5.41) is 2.36. The third kappa shape index (κ3) is 4.99. The summed E-state index contributed by atoms with van der Waals surface area (Å²) < 4.78 is 39.2. The number of nitrogens with one attached hydrogen (secondary N) is 1. The lowest BCUT2D eigenvalue weighted by Crippen LogP contribution is -2.50. The highest BCUT2D eigenvalue weighted by atomic mass is 19.4. The highest BCUT2D eigenvalue weighted by Gasteiger charge is 2.33. The van der Waals surface area contributed by atoms with Crippen molar-refractivity contribution in [3.05, 3.63) is 64.7 Å². The van der Waals surface area contributed by atoms with Crippen molar-refractivity contribution in [3.8, 4) is 0 Å². The topological polar surface area (TPSA) is 52.7 Å². The second-order valence-corrected chi connectivity index (χ2v) is 7.41. The van der Waals surface area contributed by atoms with E-state index < -0.39 is 17.6 Å². The third-order valence-electron chi connectivity index (χ3n) is 5.37. The Morgan fingerprint density at radius 2 is 1.63 bits per heavy atom. The summed E-state index contributed by atoms with van der Waals surface area (Å²) in [4.78, 5) is 28.7. The molecule has 0 atom stereocenters. The van der Waals surface area contributed by atoms with Crippen LogP contribution in [0.15, 0.2) is 42.5 Å². The van der Waals surface area contributed by atoms with Crippen molar-refractivity contribution in [2.75, 3.05) is 38.0 Å². The van der Waals surface area contributed by atoms with Crippen LogP contribution in [0.5, 0.6) is 0 Å². The van der Waals surface area contributed by atoms with Crippen LogP contribution in [0.2, 0.25) is 0 Å². The first-order valence-corrected chi connectivity index (χ1v) is 9.70. The molecule has 5 nitrogen and oxygen atoms in total. The first-order chi connectivity index (χ1) is 14.2. The molecule has 2 aromatic carbocycles. The second-order valence-electron chi connectivity index (χ2n) is 7.41. The predicted octanol–water partition coefficient (Wildman–Crippen LogP) is 3.72. The van der Waals surface area contributed by atoms with Crippen molar-refractivity contribution in [1.29, 1.82) is 0 Å². The first-order valence-electron chi connectivity index (χ1n) is 9.70. The molecule has 1 N–H and O–H groups in total. The minimum atomic E-state index is -4.54.